The van der Waals surface area contributed by atoms with Crippen molar-refractivity contribution in [3.8, 4) is 11.1 Å². The Hall–Kier alpha value is -2.96. The third kappa shape index (κ3) is 3.22. The quantitative estimate of drug-likeness (QED) is 0.689. The molecule has 6 heteroatoms. The zero-order valence-corrected chi connectivity index (χ0v) is 17.1. The highest BCUT2D eigenvalue weighted by atomic mass is 16.5. The summed E-state index contributed by atoms with van der Waals surface area (Å²) in [6.45, 7) is 5.62. The second-order valence-electron chi connectivity index (χ2n) is 8.32. The molecule has 1 atom stereocenters. The average molecular weight is 402 g/mol. The summed E-state index contributed by atoms with van der Waals surface area (Å²) in [4.78, 5) is 19.8. The number of pyridine rings is 1. The first-order chi connectivity index (χ1) is 14.6. The molecular formula is C24H26N4O2. The number of hydrogen-bond donors (Lipinski definition) is 2. The van der Waals surface area contributed by atoms with Crippen molar-refractivity contribution in [3.63, 3.8) is 0 Å². The van der Waals surface area contributed by atoms with Crippen LogP contribution < -0.4 is 11.1 Å². The van der Waals surface area contributed by atoms with Gasteiger partial charge in [-0.15, -0.1) is 0 Å². The predicted molar refractivity (Wildman–Crippen MR) is 118 cm³/mol. The number of fused-ring (bicyclic) bond motifs is 1. The number of morpholine rings is 1. The van der Waals surface area contributed by atoms with Crippen LogP contribution in [0.4, 0.5) is 5.82 Å². The van der Waals surface area contributed by atoms with Crippen molar-refractivity contribution in [1.29, 1.82) is 0 Å². The minimum absolute atomic E-state index is 0.0690. The van der Waals surface area contributed by atoms with E-state index in [9.17, 15) is 4.79 Å². The number of nitrogen functional groups attached to an aromatic ring is 1. The summed E-state index contributed by atoms with van der Waals surface area (Å²) in [7, 11) is 0. The summed E-state index contributed by atoms with van der Waals surface area (Å²) < 4.78 is 6.06. The first-order valence-corrected chi connectivity index (χ1v) is 10.4. The smallest absolute Gasteiger partial charge is 0.254 e. The minimum Gasteiger partial charge on any atom is -0.384 e. The first kappa shape index (κ1) is 19.0. The fraction of sp³-hybridized carbons (Fsp3) is 0.333. The number of carbonyl (C=O) groups excluding carboxylic acids is 1. The van der Waals surface area contributed by atoms with Crippen LogP contribution in [0.5, 0.6) is 0 Å². The summed E-state index contributed by atoms with van der Waals surface area (Å²) >= 11 is 0. The molecular weight excluding hydrogens is 376 g/mol. The Morgan fingerprint density at radius 3 is 2.83 bits per heavy atom. The van der Waals surface area contributed by atoms with E-state index in [1.165, 1.54) is 0 Å². The highest BCUT2D eigenvalue weighted by molar-refractivity contribution is 6.10. The molecule has 2 aliphatic heterocycles. The molecule has 2 aromatic carbocycles. The van der Waals surface area contributed by atoms with Crippen LogP contribution in [0.1, 0.15) is 22.3 Å². The molecule has 1 spiro atoms. The van der Waals surface area contributed by atoms with Crippen LogP contribution >= 0.6 is 0 Å². The van der Waals surface area contributed by atoms with Gasteiger partial charge in [0.25, 0.3) is 5.91 Å². The normalized spacial score (nSPS) is 21.4. The SMILES string of the molecule is Cc1cc(N)ncc1-c1cccc2c(C(=O)N3CCOC4(CCNC4)C3)cccc12. The third-order valence-electron chi connectivity index (χ3n) is 6.31. The van der Waals surface area contributed by atoms with Crippen LogP contribution in [0.15, 0.2) is 48.7 Å². The van der Waals surface area contributed by atoms with Crippen LogP contribution in [0.2, 0.25) is 0 Å². The van der Waals surface area contributed by atoms with Crippen molar-refractivity contribution < 1.29 is 9.53 Å². The molecule has 5 rings (SSSR count). The number of aromatic nitrogens is 1. The molecule has 1 aromatic heterocycles. The van der Waals surface area contributed by atoms with Gasteiger partial charge in [0.15, 0.2) is 0 Å². The lowest BCUT2D eigenvalue weighted by atomic mass is 9.93. The summed E-state index contributed by atoms with van der Waals surface area (Å²) in [5.74, 6) is 0.578. The summed E-state index contributed by atoms with van der Waals surface area (Å²) in [6, 6.07) is 13.9. The Labute approximate surface area is 176 Å². The number of nitrogens with one attached hydrogen (secondary N) is 1. The molecule has 0 saturated carbocycles. The van der Waals surface area contributed by atoms with E-state index in [4.69, 9.17) is 10.5 Å². The molecule has 2 aliphatic rings. The van der Waals surface area contributed by atoms with Gasteiger partial charge in [0.05, 0.1) is 18.8 Å². The number of rotatable bonds is 2. The van der Waals surface area contributed by atoms with E-state index in [0.717, 1.165) is 52.5 Å². The molecule has 3 heterocycles. The van der Waals surface area contributed by atoms with Crippen molar-refractivity contribution in [2.75, 3.05) is 38.5 Å². The number of amides is 1. The van der Waals surface area contributed by atoms with Crippen LogP contribution in [0.3, 0.4) is 0 Å². The lowest BCUT2D eigenvalue weighted by molar-refractivity contribution is -0.0866. The van der Waals surface area contributed by atoms with Gasteiger partial charge in [-0.3, -0.25) is 4.79 Å². The largest absolute Gasteiger partial charge is 0.384 e. The Bertz CT molecular complexity index is 1120. The summed E-state index contributed by atoms with van der Waals surface area (Å²) in [5.41, 5.74) is 9.49. The van der Waals surface area contributed by atoms with Gasteiger partial charge >= 0.3 is 0 Å². The molecule has 154 valence electrons. The summed E-state index contributed by atoms with van der Waals surface area (Å²) in [5, 5.41) is 5.37. The van der Waals surface area contributed by atoms with E-state index in [1.54, 1.807) is 0 Å². The fourth-order valence-electron chi connectivity index (χ4n) is 4.76. The van der Waals surface area contributed by atoms with Gasteiger partial charge in [0.2, 0.25) is 0 Å². The predicted octanol–water partition coefficient (Wildman–Crippen LogP) is 3.00. The Morgan fingerprint density at radius 2 is 2.03 bits per heavy atom. The number of benzene rings is 2. The van der Waals surface area contributed by atoms with Crippen LogP contribution in [-0.4, -0.2) is 54.2 Å². The third-order valence-corrected chi connectivity index (χ3v) is 6.31. The second kappa shape index (κ2) is 7.38. The van der Waals surface area contributed by atoms with Crippen LogP contribution in [0.25, 0.3) is 21.9 Å². The highest BCUT2D eigenvalue weighted by Gasteiger charge is 2.41. The van der Waals surface area contributed by atoms with Gasteiger partial charge < -0.3 is 20.7 Å². The van der Waals surface area contributed by atoms with E-state index in [-0.39, 0.29) is 11.5 Å². The Kier molecular flexibility index (Phi) is 4.68. The van der Waals surface area contributed by atoms with Gasteiger partial charge in [-0.25, -0.2) is 4.98 Å². The van der Waals surface area contributed by atoms with E-state index >= 15 is 0 Å². The van der Waals surface area contributed by atoms with E-state index in [1.807, 2.05) is 48.4 Å². The number of nitrogens with zero attached hydrogens (tertiary/aromatic N) is 2. The summed E-state index contributed by atoms with van der Waals surface area (Å²) in [6.07, 6.45) is 2.76. The number of ether oxygens (including phenoxy) is 1. The van der Waals surface area contributed by atoms with Gasteiger partial charge in [-0.1, -0.05) is 30.3 Å². The van der Waals surface area contributed by atoms with E-state index in [0.29, 0.717) is 25.5 Å². The monoisotopic (exact) mass is 402 g/mol. The molecule has 2 saturated heterocycles. The molecule has 2 fully saturated rings. The molecule has 0 bridgehead atoms. The topological polar surface area (TPSA) is 80.5 Å². The van der Waals surface area contributed by atoms with Crippen molar-refractivity contribution >= 4 is 22.5 Å². The van der Waals surface area contributed by atoms with Gasteiger partial charge in [-0.05, 0) is 53.9 Å². The molecule has 30 heavy (non-hydrogen) atoms. The van der Waals surface area contributed by atoms with Gasteiger partial charge in [0.1, 0.15) is 5.82 Å². The van der Waals surface area contributed by atoms with E-state index < -0.39 is 0 Å². The molecule has 3 aromatic rings. The van der Waals surface area contributed by atoms with E-state index in [2.05, 4.69) is 22.4 Å². The number of aryl methyl sites for hydroxylation is 1. The fourth-order valence-corrected chi connectivity index (χ4v) is 4.76. The standard InChI is InChI=1S/C24H26N4O2/c1-16-12-22(25)27-13-21(16)19-6-2-5-18-17(19)4-3-7-20(18)23(29)28-10-11-30-24(15-28)8-9-26-14-24/h2-7,12-13,26H,8-11,14-15H2,1H3,(H2,25,27). The molecule has 1 amide bonds. The minimum atomic E-state index is -0.240. The molecule has 0 radical (unpaired) electrons. The molecule has 3 N–H and O–H groups in total. The number of hydrogen-bond acceptors (Lipinski definition) is 5. The Morgan fingerprint density at radius 1 is 1.20 bits per heavy atom. The Balaban J connectivity index is 1.55. The lowest BCUT2D eigenvalue weighted by Gasteiger charge is -2.40. The van der Waals surface area contributed by atoms with Crippen molar-refractivity contribution in [2.24, 2.45) is 0 Å². The van der Waals surface area contributed by atoms with Crippen LogP contribution in [-0.2, 0) is 4.74 Å². The van der Waals surface area contributed by atoms with Gasteiger partial charge in [0, 0.05) is 30.4 Å². The first-order valence-electron chi connectivity index (χ1n) is 10.4. The maximum absolute atomic E-state index is 13.5. The van der Waals surface area contributed by atoms with Crippen LogP contribution in [0, 0.1) is 6.92 Å². The molecule has 1 unspecified atom stereocenters. The molecule has 0 aliphatic carbocycles. The van der Waals surface area contributed by atoms with Crippen molar-refractivity contribution in [2.45, 2.75) is 18.9 Å². The average Bonchev–Trinajstić information content (AvgIpc) is 3.20. The number of nitrogens with two attached hydrogens (primary N) is 1. The zero-order valence-electron chi connectivity index (χ0n) is 17.1. The maximum Gasteiger partial charge on any atom is 0.254 e. The lowest BCUT2D eigenvalue weighted by Crippen LogP contribution is -2.54. The highest BCUT2D eigenvalue weighted by Crippen LogP contribution is 2.33. The maximum atomic E-state index is 13.5. The second-order valence-corrected chi connectivity index (χ2v) is 8.32. The number of carbonyl (C=O) groups is 1. The van der Waals surface area contributed by atoms with Gasteiger partial charge in [-0.2, -0.15) is 0 Å². The molecule has 6 nitrogen and oxygen atoms in total. The van der Waals surface area contributed by atoms with Crippen molar-refractivity contribution in [1.82, 2.24) is 15.2 Å². The van der Waals surface area contributed by atoms with Crippen molar-refractivity contribution in [3.05, 3.63) is 59.8 Å². The zero-order chi connectivity index (χ0) is 20.7. The number of anilines is 1.